The first-order chi connectivity index (χ1) is 8.54. The fourth-order valence-corrected chi connectivity index (χ4v) is 1.36. The number of benzene rings is 1. The van der Waals surface area contributed by atoms with E-state index in [-0.39, 0.29) is 13.2 Å². The number of non-ortho nitro benzene ring substituents is 1. The molecule has 0 aromatic heterocycles. The topological polar surface area (TPSA) is 72.6 Å². The second-order valence-electron chi connectivity index (χ2n) is 5.73. The number of hydrogen-bond acceptors (Lipinski definition) is 4. The summed E-state index contributed by atoms with van der Waals surface area (Å²) >= 11 is 0. The normalized spacial score (nSPS) is 12.3. The van der Waals surface area contributed by atoms with E-state index in [4.69, 9.17) is 4.65 Å². The zero-order valence-corrected chi connectivity index (χ0v) is 12.1. The summed E-state index contributed by atoms with van der Waals surface area (Å²) in [6.45, 7) is 8.81. The number of aryl methyl sites for hydroxylation is 1. The smallest absolute Gasteiger partial charge is 0.309 e. The SMILES string of the molecule is Cc1ccc([N+](=O)[O-])cc1BOC(C)(C)C(C)(C)O. The van der Waals surface area contributed by atoms with Gasteiger partial charge >= 0.3 is 7.48 Å². The van der Waals surface area contributed by atoms with Gasteiger partial charge in [0.25, 0.3) is 5.69 Å². The molecule has 0 spiro atoms. The lowest BCUT2D eigenvalue weighted by Gasteiger charge is -2.37. The van der Waals surface area contributed by atoms with E-state index in [1.165, 1.54) is 12.1 Å². The van der Waals surface area contributed by atoms with Crippen molar-refractivity contribution in [3.8, 4) is 0 Å². The van der Waals surface area contributed by atoms with Crippen LogP contribution in [-0.4, -0.2) is 28.7 Å². The number of aliphatic hydroxyl groups is 1. The molecule has 0 fully saturated rings. The molecule has 0 aliphatic heterocycles. The summed E-state index contributed by atoms with van der Waals surface area (Å²) in [7, 11) is 0.227. The summed E-state index contributed by atoms with van der Waals surface area (Å²) in [5, 5.41) is 20.8. The van der Waals surface area contributed by atoms with Gasteiger partial charge in [0, 0.05) is 12.1 Å². The van der Waals surface area contributed by atoms with Crippen LogP contribution in [0.25, 0.3) is 0 Å². The molecule has 5 nitrogen and oxygen atoms in total. The van der Waals surface area contributed by atoms with Crippen molar-refractivity contribution in [3.05, 3.63) is 33.9 Å². The zero-order valence-electron chi connectivity index (χ0n) is 12.1. The maximum absolute atomic E-state index is 10.7. The molecule has 104 valence electrons. The van der Waals surface area contributed by atoms with Gasteiger partial charge in [-0.25, -0.2) is 0 Å². The second kappa shape index (κ2) is 5.31. The molecule has 0 unspecified atom stereocenters. The molecular formula is C13H20BNO4. The average Bonchev–Trinajstić information content (AvgIpc) is 2.26. The number of hydrogen-bond donors (Lipinski definition) is 1. The van der Waals surface area contributed by atoms with Gasteiger partial charge < -0.3 is 9.76 Å². The molecule has 0 heterocycles. The molecule has 1 aromatic rings. The van der Waals surface area contributed by atoms with Gasteiger partial charge in [-0.1, -0.05) is 11.6 Å². The van der Waals surface area contributed by atoms with Crippen molar-refractivity contribution in [2.75, 3.05) is 0 Å². The van der Waals surface area contributed by atoms with Crippen LogP contribution in [0.2, 0.25) is 0 Å². The Balaban J connectivity index is 2.89. The van der Waals surface area contributed by atoms with Crippen LogP contribution in [-0.2, 0) is 4.65 Å². The molecule has 0 aliphatic rings. The lowest BCUT2D eigenvalue weighted by molar-refractivity contribution is -0.384. The number of nitrogens with zero attached hydrogens (tertiary/aromatic N) is 1. The molecular weight excluding hydrogens is 245 g/mol. The maximum Gasteiger partial charge on any atom is 0.309 e. The first kappa shape index (κ1) is 15.7. The number of nitro benzene ring substituents is 1. The highest BCUT2D eigenvalue weighted by Crippen LogP contribution is 2.24. The number of nitro groups is 1. The van der Waals surface area contributed by atoms with E-state index in [1.54, 1.807) is 33.8 Å². The second-order valence-corrected chi connectivity index (χ2v) is 5.73. The van der Waals surface area contributed by atoms with Crippen molar-refractivity contribution >= 4 is 18.6 Å². The van der Waals surface area contributed by atoms with Gasteiger partial charge in [0.1, 0.15) is 0 Å². The maximum atomic E-state index is 10.7. The third kappa shape index (κ3) is 3.78. The van der Waals surface area contributed by atoms with E-state index in [9.17, 15) is 15.2 Å². The number of rotatable bonds is 5. The Kier molecular flexibility index (Phi) is 4.37. The van der Waals surface area contributed by atoms with E-state index in [2.05, 4.69) is 0 Å². The summed E-state index contributed by atoms with van der Waals surface area (Å²) in [6, 6.07) is 4.68. The Morgan fingerprint density at radius 1 is 1.32 bits per heavy atom. The predicted molar refractivity (Wildman–Crippen MR) is 76.1 cm³/mol. The standard InChI is InChI=1S/C13H20BNO4/c1-9-6-7-10(15(17)18)8-11(9)14-19-13(4,5)12(2,3)16/h6-8,14,16H,1-5H3. The zero-order chi connectivity index (χ0) is 14.8. The molecule has 1 rings (SSSR count). The van der Waals surface area contributed by atoms with E-state index in [0.717, 1.165) is 11.0 Å². The molecule has 19 heavy (non-hydrogen) atoms. The molecule has 6 heteroatoms. The van der Waals surface area contributed by atoms with Gasteiger partial charge in [-0.3, -0.25) is 10.1 Å². The Morgan fingerprint density at radius 2 is 1.89 bits per heavy atom. The summed E-state index contributed by atoms with van der Waals surface area (Å²) in [5.74, 6) is 0. The molecule has 0 saturated heterocycles. The van der Waals surface area contributed by atoms with Crippen molar-refractivity contribution in [3.63, 3.8) is 0 Å². The van der Waals surface area contributed by atoms with Gasteiger partial charge in [-0.15, -0.1) is 0 Å². The van der Waals surface area contributed by atoms with E-state index < -0.39 is 16.1 Å². The molecule has 0 aliphatic carbocycles. The van der Waals surface area contributed by atoms with Crippen LogP contribution in [0.15, 0.2) is 18.2 Å². The van der Waals surface area contributed by atoms with Gasteiger partial charge in [-0.2, -0.15) is 0 Å². The van der Waals surface area contributed by atoms with Crippen LogP contribution in [0.3, 0.4) is 0 Å². The van der Waals surface area contributed by atoms with E-state index in [0.29, 0.717) is 0 Å². The third-order valence-corrected chi connectivity index (χ3v) is 3.61. The highest BCUT2D eigenvalue weighted by atomic mass is 16.6. The van der Waals surface area contributed by atoms with Crippen LogP contribution in [0.4, 0.5) is 5.69 Å². The molecule has 1 aromatic carbocycles. The summed E-state index contributed by atoms with van der Waals surface area (Å²) in [4.78, 5) is 10.3. The lowest BCUT2D eigenvalue weighted by Crippen LogP contribution is -2.49. The van der Waals surface area contributed by atoms with Gasteiger partial charge in [-0.05, 0) is 40.1 Å². The predicted octanol–water partition coefficient (Wildman–Crippen LogP) is 1.45. The fraction of sp³-hybridized carbons (Fsp3) is 0.538. The van der Waals surface area contributed by atoms with E-state index >= 15 is 0 Å². The highest BCUT2D eigenvalue weighted by Gasteiger charge is 2.35. The summed E-state index contributed by atoms with van der Waals surface area (Å²) < 4.78 is 5.72. The molecule has 0 saturated carbocycles. The van der Waals surface area contributed by atoms with Crippen molar-refractivity contribution in [2.24, 2.45) is 0 Å². The summed E-state index contributed by atoms with van der Waals surface area (Å²) in [5.41, 5.74) is -0.0139. The van der Waals surface area contributed by atoms with Crippen molar-refractivity contribution in [2.45, 2.75) is 45.8 Å². The molecule has 1 N–H and O–H groups in total. The quantitative estimate of drug-likeness (QED) is 0.496. The average molecular weight is 265 g/mol. The molecule has 0 amide bonds. The minimum atomic E-state index is -0.998. The largest absolute Gasteiger partial charge is 0.427 e. The van der Waals surface area contributed by atoms with Crippen LogP contribution >= 0.6 is 0 Å². The first-order valence-electron chi connectivity index (χ1n) is 6.15. The lowest BCUT2D eigenvalue weighted by atomic mass is 9.80. The van der Waals surface area contributed by atoms with Crippen molar-refractivity contribution < 1.29 is 14.7 Å². The van der Waals surface area contributed by atoms with Crippen LogP contribution in [0.5, 0.6) is 0 Å². The van der Waals surface area contributed by atoms with Gasteiger partial charge in [0.05, 0.1) is 16.1 Å². The Morgan fingerprint density at radius 3 is 2.37 bits per heavy atom. The van der Waals surface area contributed by atoms with Gasteiger partial charge in [0.15, 0.2) is 0 Å². The van der Waals surface area contributed by atoms with Crippen LogP contribution < -0.4 is 5.46 Å². The van der Waals surface area contributed by atoms with Crippen molar-refractivity contribution in [1.82, 2.24) is 0 Å². The minimum Gasteiger partial charge on any atom is -0.427 e. The highest BCUT2D eigenvalue weighted by molar-refractivity contribution is 6.47. The molecule has 0 atom stereocenters. The Labute approximate surface area is 114 Å². The Bertz CT molecular complexity index is 480. The van der Waals surface area contributed by atoms with Gasteiger partial charge in [0.2, 0.25) is 0 Å². The molecule has 0 radical (unpaired) electrons. The fourth-order valence-electron chi connectivity index (χ4n) is 1.36. The summed E-state index contributed by atoms with van der Waals surface area (Å²) in [6.07, 6.45) is 0. The van der Waals surface area contributed by atoms with Crippen LogP contribution in [0, 0.1) is 17.0 Å². The first-order valence-corrected chi connectivity index (χ1v) is 6.15. The third-order valence-electron chi connectivity index (χ3n) is 3.61. The van der Waals surface area contributed by atoms with Crippen LogP contribution in [0.1, 0.15) is 33.3 Å². The monoisotopic (exact) mass is 265 g/mol. The minimum absolute atomic E-state index is 0.0465. The molecule has 0 bridgehead atoms. The van der Waals surface area contributed by atoms with Crippen molar-refractivity contribution in [1.29, 1.82) is 0 Å². The van der Waals surface area contributed by atoms with E-state index in [1.807, 2.05) is 6.92 Å². The Hall–Kier alpha value is -1.40.